The van der Waals surface area contributed by atoms with E-state index in [9.17, 15) is 4.79 Å². The van der Waals surface area contributed by atoms with Gasteiger partial charge in [-0.15, -0.1) is 6.42 Å². The number of carbonyl (C=O) groups excluding carboxylic acids is 1. The van der Waals surface area contributed by atoms with Crippen LogP contribution in [0, 0.1) is 12.3 Å². The van der Waals surface area contributed by atoms with E-state index in [1.165, 1.54) is 0 Å². The molecule has 3 heteroatoms. The molecule has 1 amide bonds. The highest BCUT2D eigenvalue weighted by Gasteiger charge is 2.34. The molecule has 1 unspecified atom stereocenters. The summed E-state index contributed by atoms with van der Waals surface area (Å²) < 4.78 is 5.26. The smallest absolute Gasteiger partial charge is 0.255 e. The van der Waals surface area contributed by atoms with Gasteiger partial charge in [0.05, 0.1) is 6.54 Å². The molecule has 0 aliphatic rings. The van der Waals surface area contributed by atoms with Crippen LogP contribution in [0.5, 0.6) is 0 Å². The van der Waals surface area contributed by atoms with Gasteiger partial charge < -0.3 is 9.64 Å². The van der Waals surface area contributed by atoms with Crippen LogP contribution in [0.4, 0.5) is 0 Å². The number of terminal acetylenes is 1. The van der Waals surface area contributed by atoms with Gasteiger partial charge in [-0.2, -0.15) is 0 Å². The topological polar surface area (TPSA) is 29.5 Å². The predicted octanol–water partition coefficient (Wildman–Crippen LogP) is 1.67. The van der Waals surface area contributed by atoms with Crippen molar-refractivity contribution >= 4 is 5.91 Å². The van der Waals surface area contributed by atoms with Crippen molar-refractivity contribution in [3.8, 4) is 12.3 Å². The van der Waals surface area contributed by atoms with E-state index in [1.54, 1.807) is 18.9 Å². The summed E-state index contributed by atoms with van der Waals surface area (Å²) >= 11 is 0. The number of amides is 1. The van der Waals surface area contributed by atoms with E-state index in [0.29, 0.717) is 19.5 Å². The standard InChI is InChI=1S/C12H21NO2/c1-6-9-13(10-7-2)11(14)12(4,8-3)15-5/h1H,7-10H2,2-5H3. The molecule has 0 aromatic carbocycles. The summed E-state index contributed by atoms with van der Waals surface area (Å²) in [4.78, 5) is 13.8. The molecule has 86 valence electrons. The average Bonchev–Trinajstić information content (AvgIpc) is 2.26. The van der Waals surface area contributed by atoms with Crippen molar-refractivity contribution in [3.05, 3.63) is 0 Å². The lowest BCUT2D eigenvalue weighted by molar-refractivity contribution is -0.152. The molecule has 0 aromatic rings. The molecule has 0 saturated carbocycles. The van der Waals surface area contributed by atoms with Gasteiger partial charge in [0, 0.05) is 13.7 Å². The first-order chi connectivity index (χ1) is 7.05. The van der Waals surface area contributed by atoms with Gasteiger partial charge in [0.25, 0.3) is 5.91 Å². The zero-order valence-corrected chi connectivity index (χ0v) is 10.2. The maximum Gasteiger partial charge on any atom is 0.255 e. The fourth-order valence-electron chi connectivity index (χ4n) is 1.35. The third-order valence-corrected chi connectivity index (χ3v) is 2.64. The van der Waals surface area contributed by atoms with Crippen LogP contribution in [0.15, 0.2) is 0 Å². The molecule has 3 nitrogen and oxygen atoms in total. The number of rotatable bonds is 6. The molecule has 0 bridgehead atoms. The van der Waals surface area contributed by atoms with Crippen LogP contribution in [-0.4, -0.2) is 36.6 Å². The first-order valence-corrected chi connectivity index (χ1v) is 5.33. The van der Waals surface area contributed by atoms with E-state index in [0.717, 1.165) is 6.42 Å². The molecule has 0 N–H and O–H groups in total. The second-order valence-electron chi connectivity index (χ2n) is 3.72. The van der Waals surface area contributed by atoms with Gasteiger partial charge in [-0.1, -0.05) is 19.8 Å². The van der Waals surface area contributed by atoms with Crippen molar-refractivity contribution in [3.63, 3.8) is 0 Å². The molecule has 15 heavy (non-hydrogen) atoms. The van der Waals surface area contributed by atoms with Gasteiger partial charge in [-0.25, -0.2) is 0 Å². The van der Waals surface area contributed by atoms with Crippen LogP contribution in [-0.2, 0) is 9.53 Å². The summed E-state index contributed by atoms with van der Waals surface area (Å²) in [6.07, 6.45) is 6.78. The van der Waals surface area contributed by atoms with E-state index in [1.807, 2.05) is 13.8 Å². The van der Waals surface area contributed by atoms with Gasteiger partial charge in [0.1, 0.15) is 5.60 Å². The Balaban J connectivity index is 4.68. The Morgan fingerprint density at radius 3 is 2.47 bits per heavy atom. The van der Waals surface area contributed by atoms with Gasteiger partial charge >= 0.3 is 0 Å². The minimum Gasteiger partial charge on any atom is -0.369 e. The van der Waals surface area contributed by atoms with Crippen LogP contribution in [0.1, 0.15) is 33.6 Å². The SMILES string of the molecule is C#CCN(CCC)C(=O)C(C)(CC)OC. The average molecular weight is 211 g/mol. The quantitative estimate of drug-likeness (QED) is 0.625. The molecule has 0 rings (SSSR count). The zero-order chi connectivity index (χ0) is 11.9. The number of carbonyl (C=O) groups is 1. The molecule has 0 aliphatic carbocycles. The predicted molar refractivity (Wildman–Crippen MR) is 61.4 cm³/mol. The fourth-order valence-corrected chi connectivity index (χ4v) is 1.35. The van der Waals surface area contributed by atoms with E-state index in [4.69, 9.17) is 11.2 Å². The highest BCUT2D eigenvalue weighted by atomic mass is 16.5. The van der Waals surface area contributed by atoms with E-state index < -0.39 is 5.60 Å². The van der Waals surface area contributed by atoms with Gasteiger partial charge in [-0.3, -0.25) is 4.79 Å². The normalized spacial score (nSPS) is 14.1. The molecule has 1 atom stereocenters. The maximum atomic E-state index is 12.1. The summed E-state index contributed by atoms with van der Waals surface area (Å²) in [7, 11) is 1.56. The molecule has 0 saturated heterocycles. The Morgan fingerprint density at radius 2 is 2.13 bits per heavy atom. The molecule has 0 aliphatic heterocycles. The first kappa shape index (κ1) is 14.0. The lowest BCUT2D eigenvalue weighted by atomic mass is 10.0. The number of hydrogen-bond acceptors (Lipinski definition) is 2. The van der Waals surface area contributed by atoms with Gasteiger partial charge in [0.2, 0.25) is 0 Å². The number of nitrogens with zero attached hydrogens (tertiary/aromatic N) is 1. The van der Waals surface area contributed by atoms with Crippen molar-refractivity contribution in [2.45, 2.75) is 39.2 Å². The molecule has 0 spiro atoms. The monoisotopic (exact) mass is 211 g/mol. The Bertz CT molecular complexity index is 238. The second kappa shape index (κ2) is 6.47. The second-order valence-corrected chi connectivity index (χ2v) is 3.72. The van der Waals surface area contributed by atoms with Gasteiger partial charge in [-0.05, 0) is 19.8 Å². The third-order valence-electron chi connectivity index (χ3n) is 2.64. The molecule has 0 aromatic heterocycles. The van der Waals surface area contributed by atoms with Crippen LogP contribution >= 0.6 is 0 Å². The highest BCUT2D eigenvalue weighted by Crippen LogP contribution is 2.17. The van der Waals surface area contributed by atoms with Crippen molar-refractivity contribution in [2.24, 2.45) is 0 Å². The molecular formula is C12H21NO2. The maximum absolute atomic E-state index is 12.1. The van der Waals surface area contributed by atoms with Crippen molar-refractivity contribution in [1.29, 1.82) is 0 Å². The fraction of sp³-hybridized carbons (Fsp3) is 0.750. The summed E-state index contributed by atoms with van der Waals surface area (Å²) in [5.41, 5.74) is -0.744. The van der Waals surface area contributed by atoms with Crippen LogP contribution < -0.4 is 0 Å². The number of methoxy groups -OCH3 is 1. The highest BCUT2D eigenvalue weighted by molar-refractivity contribution is 5.85. The summed E-state index contributed by atoms with van der Waals surface area (Å²) in [6, 6.07) is 0. The van der Waals surface area contributed by atoms with Crippen molar-refractivity contribution < 1.29 is 9.53 Å². The van der Waals surface area contributed by atoms with Crippen LogP contribution in [0.2, 0.25) is 0 Å². The van der Waals surface area contributed by atoms with E-state index in [2.05, 4.69) is 5.92 Å². The number of ether oxygens (including phenoxy) is 1. The Labute approximate surface area is 92.8 Å². The number of hydrogen-bond donors (Lipinski definition) is 0. The van der Waals surface area contributed by atoms with E-state index >= 15 is 0 Å². The minimum atomic E-state index is -0.744. The molecular weight excluding hydrogens is 190 g/mol. The Hall–Kier alpha value is -1.01. The molecule has 0 radical (unpaired) electrons. The third kappa shape index (κ3) is 3.56. The van der Waals surface area contributed by atoms with E-state index in [-0.39, 0.29) is 5.91 Å². The van der Waals surface area contributed by atoms with Crippen molar-refractivity contribution in [2.75, 3.05) is 20.2 Å². The summed E-state index contributed by atoms with van der Waals surface area (Å²) in [5.74, 6) is 2.48. The molecule has 0 fully saturated rings. The van der Waals surface area contributed by atoms with Crippen LogP contribution in [0.25, 0.3) is 0 Å². The first-order valence-electron chi connectivity index (χ1n) is 5.33. The zero-order valence-electron chi connectivity index (χ0n) is 10.2. The van der Waals surface area contributed by atoms with Gasteiger partial charge in [0.15, 0.2) is 0 Å². The summed E-state index contributed by atoms with van der Waals surface area (Å²) in [5, 5.41) is 0. The minimum absolute atomic E-state index is 0.0210. The Kier molecular flexibility index (Phi) is 6.03. The summed E-state index contributed by atoms with van der Waals surface area (Å²) in [6.45, 7) is 6.79. The van der Waals surface area contributed by atoms with Crippen LogP contribution in [0.3, 0.4) is 0 Å². The lowest BCUT2D eigenvalue weighted by Crippen LogP contribution is -2.48. The molecule has 0 heterocycles. The largest absolute Gasteiger partial charge is 0.369 e. The Morgan fingerprint density at radius 1 is 1.53 bits per heavy atom. The lowest BCUT2D eigenvalue weighted by Gasteiger charge is -2.31. The van der Waals surface area contributed by atoms with Crippen molar-refractivity contribution in [1.82, 2.24) is 4.90 Å².